The average molecular weight is 286 g/mol. The van der Waals surface area contributed by atoms with Crippen molar-refractivity contribution in [3.05, 3.63) is 0 Å². The van der Waals surface area contributed by atoms with Crippen LogP contribution in [0.25, 0.3) is 0 Å². The van der Waals surface area contributed by atoms with Gasteiger partial charge < -0.3 is 10.0 Å². The van der Waals surface area contributed by atoms with Crippen molar-refractivity contribution in [1.29, 1.82) is 0 Å². The monoisotopic (exact) mass is 286 g/mol. The number of aliphatic carboxylic acids is 1. The predicted molar refractivity (Wildman–Crippen MR) is 75.2 cm³/mol. The Labute approximate surface area is 118 Å². The van der Waals surface area contributed by atoms with Crippen molar-refractivity contribution in [3.8, 4) is 0 Å². The summed E-state index contributed by atoms with van der Waals surface area (Å²) in [5, 5.41) is 9.13. The van der Waals surface area contributed by atoms with Crippen molar-refractivity contribution in [1.82, 2.24) is 9.80 Å². The molecule has 0 aromatic rings. The maximum Gasteiger partial charge on any atom is 0.327 e. The summed E-state index contributed by atoms with van der Waals surface area (Å²) in [7, 11) is 1.79. The standard InChI is InChI=1S/C13H22N2O3S/c1-9-15(11(8-19-9)12(16)17)13(18)14(2)7-10-5-3-4-6-10/h9-11H,3-8H2,1-2H3,(H,16,17). The van der Waals surface area contributed by atoms with E-state index in [1.807, 2.05) is 6.92 Å². The summed E-state index contributed by atoms with van der Waals surface area (Å²) in [6, 6.07) is -0.824. The molecule has 1 saturated heterocycles. The third kappa shape index (κ3) is 3.16. The number of urea groups is 1. The molecule has 1 N–H and O–H groups in total. The molecule has 19 heavy (non-hydrogen) atoms. The molecular weight excluding hydrogens is 264 g/mol. The van der Waals surface area contributed by atoms with Gasteiger partial charge in [0.25, 0.3) is 0 Å². The van der Waals surface area contributed by atoms with Crippen LogP contribution in [0.1, 0.15) is 32.6 Å². The number of rotatable bonds is 3. The maximum absolute atomic E-state index is 12.4. The van der Waals surface area contributed by atoms with Crippen LogP contribution in [0.4, 0.5) is 4.79 Å². The van der Waals surface area contributed by atoms with Gasteiger partial charge in [-0.2, -0.15) is 0 Å². The molecule has 0 spiro atoms. The molecule has 1 saturated carbocycles. The number of thioether (sulfide) groups is 1. The molecule has 0 aromatic heterocycles. The van der Waals surface area contributed by atoms with Gasteiger partial charge in [-0.05, 0) is 25.7 Å². The fraction of sp³-hybridized carbons (Fsp3) is 0.846. The van der Waals surface area contributed by atoms with Crippen LogP contribution in [0.2, 0.25) is 0 Å². The minimum Gasteiger partial charge on any atom is -0.480 e. The average Bonchev–Trinajstić information content (AvgIpc) is 2.97. The third-order valence-electron chi connectivity index (χ3n) is 4.06. The number of carboxylic acid groups (broad SMARTS) is 1. The fourth-order valence-corrected chi connectivity index (χ4v) is 4.14. The first-order valence-corrected chi connectivity index (χ1v) is 7.93. The number of nitrogens with zero attached hydrogens (tertiary/aromatic N) is 2. The zero-order chi connectivity index (χ0) is 14.0. The number of carbonyl (C=O) groups excluding carboxylic acids is 1. The van der Waals surface area contributed by atoms with Gasteiger partial charge in [0.15, 0.2) is 0 Å². The van der Waals surface area contributed by atoms with Crippen LogP contribution in [0.3, 0.4) is 0 Å². The molecule has 2 fully saturated rings. The van der Waals surface area contributed by atoms with Crippen molar-refractivity contribution in [2.45, 2.75) is 44.0 Å². The second kappa shape index (κ2) is 6.03. The number of hydrogen-bond acceptors (Lipinski definition) is 3. The molecule has 6 heteroatoms. The van der Waals surface area contributed by atoms with E-state index in [4.69, 9.17) is 0 Å². The van der Waals surface area contributed by atoms with Crippen molar-refractivity contribution in [2.24, 2.45) is 5.92 Å². The molecule has 2 rings (SSSR count). The van der Waals surface area contributed by atoms with Crippen LogP contribution in [0.15, 0.2) is 0 Å². The number of hydrogen-bond donors (Lipinski definition) is 1. The Morgan fingerprint density at radius 2 is 2.00 bits per heavy atom. The molecular formula is C13H22N2O3S. The van der Waals surface area contributed by atoms with E-state index in [1.165, 1.54) is 42.3 Å². The van der Waals surface area contributed by atoms with E-state index in [2.05, 4.69) is 0 Å². The first-order valence-electron chi connectivity index (χ1n) is 6.88. The van der Waals surface area contributed by atoms with Crippen LogP contribution in [0, 0.1) is 5.92 Å². The SMILES string of the molecule is CC1SCC(C(=O)O)N1C(=O)N(C)CC1CCCC1. The number of carbonyl (C=O) groups is 2. The van der Waals surface area contributed by atoms with Gasteiger partial charge in [0.1, 0.15) is 6.04 Å². The lowest BCUT2D eigenvalue weighted by molar-refractivity contribution is -0.141. The largest absolute Gasteiger partial charge is 0.480 e. The lowest BCUT2D eigenvalue weighted by Gasteiger charge is -2.31. The summed E-state index contributed by atoms with van der Waals surface area (Å²) in [5.74, 6) is 0.168. The van der Waals surface area contributed by atoms with Crippen LogP contribution in [-0.2, 0) is 4.79 Å². The summed E-state index contributed by atoms with van der Waals surface area (Å²) < 4.78 is 0. The van der Waals surface area contributed by atoms with E-state index < -0.39 is 12.0 Å². The smallest absolute Gasteiger partial charge is 0.327 e. The van der Waals surface area contributed by atoms with Crippen molar-refractivity contribution >= 4 is 23.8 Å². The van der Waals surface area contributed by atoms with E-state index in [0.717, 1.165) is 6.54 Å². The second-order valence-corrected chi connectivity index (χ2v) is 6.86. The van der Waals surface area contributed by atoms with Gasteiger partial charge >= 0.3 is 12.0 Å². The molecule has 0 radical (unpaired) electrons. The maximum atomic E-state index is 12.4. The fourth-order valence-electron chi connectivity index (χ4n) is 2.98. The van der Waals surface area contributed by atoms with Gasteiger partial charge in [-0.3, -0.25) is 4.90 Å². The van der Waals surface area contributed by atoms with Crippen LogP contribution < -0.4 is 0 Å². The highest BCUT2D eigenvalue weighted by atomic mass is 32.2. The molecule has 1 aliphatic carbocycles. The lowest BCUT2D eigenvalue weighted by atomic mass is 10.1. The van der Waals surface area contributed by atoms with Gasteiger partial charge in [0.05, 0.1) is 5.37 Å². The molecule has 108 valence electrons. The molecule has 0 aromatic carbocycles. The van der Waals surface area contributed by atoms with E-state index in [1.54, 1.807) is 11.9 Å². The van der Waals surface area contributed by atoms with Gasteiger partial charge in [-0.15, -0.1) is 11.8 Å². The summed E-state index contributed by atoms with van der Waals surface area (Å²) in [4.78, 5) is 26.9. The minimum atomic E-state index is -0.903. The van der Waals surface area contributed by atoms with Gasteiger partial charge in [0.2, 0.25) is 0 Å². The highest BCUT2D eigenvalue weighted by molar-refractivity contribution is 8.00. The normalized spacial score (nSPS) is 27.8. The summed E-state index contributed by atoms with van der Waals surface area (Å²) in [5.41, 5.74) is 0. The molecule has 2 amide bonds. The van der Waals surface area contributed by atoms with E-state index in [9.17, 15) is 14.7 Å². The van der Waals surface area contributed by atoms with Gasteiger partial charge in [0, 0.05) is 19.3 Å². The van der Waals surface area contributed by atoms with Crippen molar-refractivity contribution in [3.63, 3.8) is 0 Å². The molecule has 2 unspecified atom stereocenters. The van der Waals surface area contributed by atoms with Crippen LogP contribution in [0.5, 0.6) is 0 Å². The van der Waals surface area contributed by atoms with Crippen molar-refractivity contribution in [2.75, 3.05) is 19.3 Å². The van der Waals surface area contributed by atoms with E-state index in [0.29, 0.717) is 11.7 Å². The highest BCUT2D eigenvalue weighted by Crippen LogP contribution is 2.31. The summed E-state index contributed by atoms with van der Waals surface area (Å²) in [6.07, 6.45) is 4.87. The minimum absolute atomic E-state index is 0.0559. The molecule has 2 aliphatic rings. The number of carboxylic acids is 1. The topological polar surface area (TPSA) is 60.9 Å². The Morgan fingerprint density at radius 1 is 1.37 bits per heavy atom. The quantitative estimate of drug-likeness (QED) is 0.863. The Hall–Kier alpha value is -0.910. The lowest BCUT2D eigenvalue weighted by Crippen LogP contribution is -2.50. The first kappa shape index (κ1) is 14.5. The molecule has 0 bridgehead atoms. The van der Waals surface area contributed by atoms with Crippen LogP contribution >= 0.6 is 11.8 Å². The van der Waals surface area contributed by atoms with Gasteiger partial charge in [-0.25, -0.2) is 9.59 Å². The third-order valence-corrected chi connectivity index (χ3v) is 5.28. The molecule has 2 atom stereocenters. The van der Waals surface area contributed by atoms with Crippen LogP contribution in [-0.4, -0.2) is 57.7 Å². The first-order chi connectivity index (χ1) is 9.00. The molecule has 5 nitrogen and oxygen atoms in total. The molecule has 1 heterocycles. The second-order valence-electron chi connectivity index (χ2n) is 5.51. The van der Waals surface area contributed by atoms with Crippen molar-refractivity contribution < 1.29 is 14.7 Å². The predicted octanol–water partition coefficient (Wildman–Crippen LogP) is 2.08. The highest BCUT2D eigenvalue weighted by Gasteiger charge is 2.40. The Bertz CT molecular complexity index is 358. The van der Waals surface area contributed by atoms with E-state index >= 15 is 0 Å². The Balaban J connectivity index is 1.98. The zero-order valence-corrected chi connectivity index (χ0v) is 12.4. The Morgan fingerprint density at radius 3 is 2.58 bits per heavy atom. The van der Waals surface area contributed by atoms with Gasteiger partial charge in [-0.1, -0.05) is 12.8 Å². The Kier molecular flexibility index (Phi) is 4.60. The molecule has 1 aliphatic heterocycles. The zero-order valence-electron chi connectivity index (χ0n) is 11.5. The summed E-state index contributed by atoms with van der Waals surface area (Å²) >= 11 is 1.53. The number of amides is 2. The summed E-state index contributed by atoms with van der Waals surface area (Å²) in [6.45, 7) is 2.65. The van der Waals surface area contributed by atoms with E-state index in [-0.39, 0.29) is 11.4 Å².